The molecule has 0 aromatic carbocycles. The fourth-order valence-electron chi connectivity index (χ4n) is 1.72. The molecule has 0 unspecified atom stereocenters. The molecule has 22 heavy (non-hydrogen) atoms. The van der Waals surface area contributed by atoms with Crippen LogP contribution < -0.4 is 11.1 Å². The topological polar surface area (TPSA) is 114 Å². The molecule has 1 aliphatic heterocycles. The molecule has 0 aromatic rings. The number of hydrogen-bond acceptors (Lipinski definition) is 6. The van der Waals surface area contributed by atoms with Gasteiger partial charge in [0.2, 0.25) is 5.91 Å². The second kappa shape index (κ2) is 7.58. The second-order valence-electron chi connectivity index (χ2n) is 5.72. The van der Waals surface area contributed by atoms with Crippen LogP contribution in [0, 0.1) is 0 Å². The van der Waals surface area contributed by atoms with Gasteiger partial charge in [0, 0.05) is 31.9 Å². The minimum Gasteiger partial charge on any atom is -0.460 e. The maximum Gasteiger partial charge on any atom is 0.328 e. The molecule has 8 nitrogen and oxygen atoms in total. The number of nitrogens with two attached hydrogens (primary N) is 1. The lowest BCUT2D eigenvalue weighted by Crippen LogP contribution is -2.49. The number of nitrogens with one attached hydrogen (secondary N) is 1. The third-order valence-electron chi connectivity index (χ3n) is 2.63. The van der Waals surface area contributed by atoms with Gasteiger partial charge in [-0.25, -0.2) is 4.79 Å². The average Bonchev–Trinajstić information content (AvgIpc) is 2.38. The molecule has 1 rings (SSSR count). The van der Waals surface area contributed by atoms with Crippen LogP contribution in [0.1, 0.15) is 33.6 Å². The lowest BCUT2D eigenvalue weighted by molar-refractivity contribution is -0.154. The van der Waals surface area contributed by atoms with Crippen LogP contribution in [0.2, 0.25) is 0 Å². The predicted molar refractivity (Wildman–Crippen MR) is 81.0 cm³/mol. The summed E-state index contributed by atoms with van der Waals surface area (Å²) in [6.07, 6.45) is 2.97. The number of allylic oxidation sites excluding steroid dienone is 1. The molecule has 1 aliphatic rings. The Morgan fingerprint density at radius 3 is 2.68 bits per heavy atom. The molecule has 3 N–H and O–H groups in total. The highest BCUT2D eigenvalue weighted by atomic mass is 16.6. The Labute approximate surface area is 129 Å². The molecule has 0 radical (unpaired) electrons. The lowest BCUT2D eigenvalue weighted by Gasteiger charge is -2.26. The molecule has 0 bridgehead atoms. The lowest BCUT2D eigenvalue weighted by atomic mass is 10.2. The number of hydrogen-bond donors (Lipinski definition) is 2. The van der Waals surface area contributed by atoms with E-state index in [1.54, 1.807) is 20.8 Å². The summed E-state index contributed by atoms with van der Waals surface area (Å²) in [4.78, 5) is 39.6. The van der Waals surface area contributed by atoms with E-state index in [-0.39, 0.29) is 37.8 Å². The minimum atomic E-state index is -0.536. The molecule has 122 valence electrons. The smallest absolute Gasteiger partial charge is 0.328 e. The number of nitrogens with zero attached hydrogens (tertiary/aromatic N) is 2. The van der Waals surface area contributed by atoms with Crippen molar-refractivity contribution in [2.45, 2.75) is 39.2 Å². The van der Waals surface area contributed by atoms with Gasteiger partial charge in [-0.3, -0.25) is 24.8 Å². The summed E-state index contributed by atoms with van der Waals surface area (Å²) in [7, 11) is 0. The molecular formula is C14H22N4O4. The fourth-order valence-corrected chi connectivity index (χ4v) is 1.72. The molecular weight excluding hydrogens is 288 g/mol. The third kappa shape index (κ3) is 5.94. The zero-order valence-electron chi connectivity index (χ0n) is 13.1. The van der Waals surface area contributed by atoms with Crippen LogP contribution in [0.15, 0.2) is 16.9 Å². The molecule has 0 spiro atoms. The summed E-state index contributed by atoms with van der Waals surface area (Å²) in [5, 5.41) is 2.19. The van der Waals surface area contributed by atoms with Gasteiger partial charge in [-0.15, -0.1) is 0 Å². The van der Waals surface area contributed by atoms with E-state index in [1.165, 1.54) is 17.3 Å². The Morgan fingerprint density at radius 2 is 2.14 bits per heavy atom. The number of esters is 1. The van der Waals surface area contributed by atoms with Crippen LogP contribution in [0.25, 0.3) is 0 Å². The summed E-state index contributed by atoms with van der Waals surface area (Å²) in [6.45, 7) is 5.84. The molecule has 3 amide bonds. The van der Waals surface area contributed by atoms with Crippen molar-refractivity contribution in [1.29, 1.82) is 0 Å². The first-order valence-corrected chi connectivity index (χ1v) is 6.98. The largest absolute Gasteiger partial charge is 0.460 e. The van der Waals surface area contributed by atoms with Gasteiger partial charge < -0.3 is 10.5 Å². The van der Waals surface area contributed by atoms with Crippen molar-refractivity contribution in [2.75, 3.05) is 13.1 Å². The Balaban J connectivity index is 2.48. The van der Waals surface area contributed by atoms with Crippen LogP contribution >= 0.6 is 0 Å². The Kier molecular flexibility index (Phi) is 6.09. The van der Waals surface area contributed by atoms with Gasteiger partial charge in [-0.1, -0.05) is 0 Å². The number of aliphatic imine (C=N–C) groups is 1. The average molecular weight is 310 g/mol. The molecule has 1 heterocycles. The summed E-state index contributed by atoms with van der Waals surface area (Å²) in [5.74, 6) is -0.663. The first kappa shape index (κ1) is 17.7. The first-order chi connectivity index (χ1) is 10.2. The van der Waals surface area contributed by atoms with Crippen molar-refractivity contribution in [1.82, 2.24) is 10.2 Å². The first-order valence-electron chi connectivity index (χ1n) is 6.98. The zero-order chi connectivity index (χ0) is 16.8. The standard InChI is InChI=1S/C14H22N4O4/c1-14(2,3)22-12(20)4-6-16-9-10(8-15)18-7-5-11(19)17-13(18)21/h8-9H,4-7,15H2,1-3H3,(H,17,19,21). The number of rotatable bonds is 5. The van der Waals surface area contributed by atoms with Gasteiger partial charge in [0.15, 0.2) is 0 Å². The quantitative estimate of drug-likeness (QED) is 0.568. The van der Waals surface area contributed by atoms with E-state index in [1.807, 2.05) is 0 Å². The molecule has 0 aromatic heterocycles. The maximum atomic E-state index is 11.7. The second-order valence-corrected chi connectivity index (χ2v) is 5.72. The van der Waals surface area contributed by atoms with E-state index in [9.17, 15) is 14.4 Å². The van der Waals surface area contributed by atoms with Crippen molar-refractivity contribution in [3.8, 4) is 0 Å². The van der Waals surface area contributed by atoms with Crippen molar-refractivity contribution in [3.63, 3.8) is 0 Å². The van der Waals surface area contributed by atoms with Gasteiger partial charge >= 0.3 is 12.0 Å². The highest BCUT2D eigenvalue weighted by Gasteiger charge is 2.24. The predicted octanol–water partition coefficient (Wildman–Crippen LogP) is 0.531. The number of amides is 3. The van der Waals surface area contributed by atoms with Crippen LogP contribution in [0.3, 0.4) is 0 Å². The Bertz CT molecular complexity index is 505. The van der Waals surface area contributed by atoms with Crippen LogP contribution in [0.5, 0.6) is 0 Å². The van der Waals surface area contributed by atoms with Crippen molar-refractivity contribution >= 4 is 24.1 Å². The Morgan fingerprint density at radius 1 is 1.45 bits per heavy atom. The summed E-state index contributed by atoms with van der Waals surface area (Å²) in [6, 6.07) is -0.536. The molecule has 1 fully saturated rings. The minimum absolute atomic E-state index is 0.135. The van der Waals surface area contributed by atoms with Crippen LogP contribution in [0.4, 0.5) is 4.79 Å². The molecule has 0 aliphatic carbocycles. The monoisotopic (exact) mass is 310 g/mol. The van der Waals surface area contributed by atoms with Crippen LogP contribution in [-0.2, 0) is 14.3 Å². The van der Waals surface area contributed by atoms with Crippen LogP contribution in [-0.4, -0.2) is 47.7 Å². The summed E-state index contributed by atoms with van der Waals surface area (Å²) < 4.78 is 5.15. The number of carbonyl (C=O) groups excluding carboxylic acids is 3. The summed E-state index contributed by atoms with van der Waals surface area (Å²) in [5.41, 5.74) is 5.32. The van der Waals surface area contributed by atoms with E-state index < -0.39 is 11.6 Å². The van der Waals surface area contributed by atoms with Gasteiger partial charge in [-0.2, -0.15) is 0 Å². The Hall–Kier alpha value is -2.38. The zero-order valence-corrected chi connectivity index (χ0v) is 13.1. The fraction of sp³-hybridized carbons (Fsp3) is 0.571. The molecule has 0 saturated carbocycles. The number of carbonyl (C=O) groups is 3. The van der Waals surface area contributed by atoms with E-state index in [0.29, 0.717) is 5.70 Å². The number of ether oxygens (including phenoxy) is 1. The SMILES string of the molecule is CC(C)(C)OC(=O)CCN=CC(=CN)N1CCC(=O)NC1=O. The van der Waals surface area contributed by atoms with Gasteiger partial charge in [0.25, 0.3) is 0 Å². The van der Waals surface area contributed by atoms with E-state index >= 15 is 0 Å². The van der Waals surface area contributed by atoms with E-state index in [4.69, 9.17) is 10.5 Å². The van der Waals surface area contributed by atoms with E-state index in [0.717, 1.165) is 0 Å². The number of urea groups is 1. The van der Waals surface area contributed by atoms with Crippen molar-refractivity contribution in [2.24, 2.45) is 10.7 Å². The van der Waals surface area contributed by atoms with Gasteiger partial charge in [0.05, 0.1) is 12.1 Å². The molecule has 0 atom stereocenters. The van der Waals surface area contributed by atoms with Crippen molar-refractivity contribution in [3.05, 3.63) is 11.9 Å². The van der Waals surface area contributed by atoms with Gasteiger partial charge in [0.1, 0.15) is 5.60 Å². The highest BCUT2D eigenvalue weighted by Crippen LogP contribution is 2.09. The molecule has 1 saturated heterocycles. The number of imide groups is 1. The highest BCUT2D eigenvalue weighted by molar-refractivity contribution is 5.99. The molecule has 8 heteroatoms. The normalized spacial score (nSPS) is 16.9. The summed E-state index contributed by atoms with van der Waals surface area (Å²) >= 11 is 0. The van der Waals surface area contributed by atoms with Crippen molar-refractivity contribution < 1.29 is 19.1 Å². The maximum absolute atomic E-state index is 11.7. The van der Waals surface area contributed by atoms with Gasteiger partial charge in [-0.05, 0) is 20.8 Å². The third-order valence-corrected chi connectivity index (χ3v) is 2.63. The van der Waals surface area contributed by atoms with E-state index in [2.05, 4.69) is 10.3 Å².